The standard InChI is InChI=1S/C11H10BrF2N3O2S/c1-2-19-11(18)8-9(10(13)14)17(16-15-8)5-7-6(12)3-4-20-7/h3-4,10H,2,5H2,1H3. The minimum atomic E-state index is -2.86. The van der Waals surface area contributed by atoms with Crippen LogP contribution in [0.4, 0.5) is 8.78 Å². The van der Waals surface area contributed by atoms with Crippen molar-refractivity contribution in [2.24, 2.45) is 0 Å². The average molecular weight is 366 g/mol. The molecular weight excluding hydrogens is 356 g/mol. The predicted molar refractivity (Wildman–Crippen MR) is 72.1 cm³/mol. The molecule has 0 saturated carbocycles. The monoisotopic (exact) mass is 365 g/mol. The van der Waals surface area contributed by atoms with Crippen LogP contribution < -0.4 is 0 Å². The molecule has 2 heterocycles. The summed E-state index contributed by atoms with van der Waals surface area (Å²) in [5.74, 6) is -0.890. The van der Waals surface area contributed by atoms with E-state index in [2.05, 4.69) is 26.2 Å². The summed E-state index contributed by atoms with van der Waals surface area (Å²) >= 11 is 4.71. The zero-order chi connectivity index (χ0) is 14.7. The highest BCUT2D eigenvalue weighted by Crippen LogP contribution is 2.27. The van der Waals surface area contributed by atoms with Crippen LogP contribution in [-0.2, 0) is 11.3 Å². The fourth-order valence-electron chi connectivity index (χ4n) is 1.57. The number of esters is 1. The normalized spacial score (nSPS) is 11.1. The number of carbonyl (C=O) groups excluding carboxylic acids is 1. The van der Waals surface area contributed by atoms with Crippen LogP contribution in [0, 0.1) is 0 Å². The highest BCUT2D eigenvalue weighted by molar-refractivity contribution is 9.10. The summed E-state index contributed by atoms with van der Waals surface area (Å²) in [4.78, 5) is 12.4. The number of hydrogen-bond donors (Lipinski definition) is 0. The van der Waals surface area contributed by atoms with Gasteiger partial charge in [-0.15, -0.1) is 16.4 Å². The number of ether oxygens (including phenoxy) is 1. The summed E-state index contributed by atoms with van der Waals surface area (Å²) in [6, 6.07) is 1.81. The molecule has 0 spiro atoms. The van der Waals surface area contributed by atoms with Gasteiger partial charge in [0.15, 0.2) is 5.69 Å². The van der Waals surface area contributed by atoms with Crippen LogP contribution in [0.2, 0.25) is 0 Å². The SMILES string of the molecule is CCOC(=O)c1nnn(Cc2sccc2Br)c1C(F)F. The largest absolute Gasteiger partial charge is 0.461 e. The molecule has 0 aliphatic carbocycles. The first-order valence-corrected chi connectivity index (χ1v) is 7.32. The number of nitrogens with zero attached hydrogens (tertiary/aromatic N) is 3. The maximum absolute atomic E-state index is 13.1. The van der Waals surface area contributed by atoms with Gasteiger partial charge in [-0.1, -0.05) is 5.21 Å². The fraction of sp³-hybridized carbons (Fsp3) is 0.364. The Kier molecular flexibility index (Phi) is 4.81. The van der Waals surface area contributed by atoms with E-state index in [4.69, 9.17) is 4.74 Å². The second-order valence-electron chi connectivity index (χ2n) is 3.69. The van der Waals surface area contributed by atoms with E-state index in [-0.39, 0.29) is 13.2 Å². The number of halogens is 3. The highest BCUT2D eigenvalue weighted by Gasteiger charge is 2.27. The van der Waals surface area contributed by atoms with Crippen LogP contribution in [0.3, 0.4) is 0 Å². The summed E-state index contributed by atoms with van der Waals surface area (Å²) < 4.78 is 32.8. The zero-order valence-electron chi connectivity index (χ0n) is 10.3. The lowest BCUT2D eigenvalue weighted by molar-refractivity contribution is 0.0506. The first kappa shape index (κ1) is 15.0. The van der Waals surface area contributed by atoms with Crippen LogP contribution in [0.15, 0.2) is 15.9 Å². The molecular formula is C11H10BrF2N3O2S. The van der Waals surface area contributed by atoms with Gasteiger partial charge in [0, 0.05) is 9.35 Å². The molecule has 0 unspecified atom stereocenters. The van der Waals surface area contributed by atoms with Gasteiger partial charge in [0.2, 0.25) is 0 Å². The molecule has 2 aromatic rings. The summed E-state index contributed by atoms with van der Waals surface area (Å²) in [5, 5.41) is 8.97. The zero-order valence-corrected chi connectivity index (χ0v) is 12.7. The van der Waals surface area contributed by atoms with Crippen LogP contribution in [0.25, 0.3) is 0 Å². The third-order valence-electron chi connectivity index (χ3n) is 2.43. The van der Waals surface area contributed by atoms with E-state index >= 15 is 0 Å². The molecule has 20 heavy (non-hydrogen) atoms. The lowest BCUT2D eigenvalue weighted by atomic mass is 10.3. The van der Waals surface area contributed by atoms with Crippen molar-refractivity contribution in [2.45, 2.75) is 19.9 Å². The fourth-order valence-corrected chi connectivity index (χ4v) is 3.03. The number of hydrogen-bond acceptors (Lipinski definition) is 5. The minimum Gasteiger partial charge on any atom is -0.461 e. The molecule has 108 valence electrons. The molecule has 0 atom stereocenters. The molecule has 0 aliphatic rings. The number of alkyl halides is 2. The number of carbonyl (C=O) groups is 1. The number of rotatable bonds is 5. The second-order valence-corrected chi connectivity index (χ2v) is 5.55. The maximum Gasteiger partial charge on any atom is 0.361 e. The van der Waals surface area contributed by atoms with Crippen molar-refractivity contribution in [3.63, 3.8) is 0 Å². The molecule has 5 nitrogen and oxygen atoms in total. The molecule has 9 heteroatoms. The van der Waals surface area contributed by atoms with E-state index in [0.29, 0.717) is 0 Å². The van der Waals surface area contributed by atoms with E-state index < -0.39 is 23.8 Å². The Hall–Kier alpha value is -1.35. The molecule has 0 amide bonds. The van der Waals surface area contributed by atoms with Gasteiger partial charge in [0.1, 0.15) is 5.69 Å². The highest BCUT2D eigenvalue weighted by atomic mass is 79.9. The third kappa shape index (κ3) is 3.04. The van der Waals surface area contributed by atoms with Gasteiger partial charge in [-0.3, -0.25) is 0 Å². The van der Waals surface area contributed by atoms with Crippen molar-refractivity contribution < 1.29 is 18.3 Å². The van der Waals surface area contributed by atoms with Crippen molar-refractivity contribution in [3.8, 4) is 0 Å². The minimum absolute atomic E-state index is 0.0881. The lowest BCUT2D eigenvalue weighted by Crippen LogP contribution is -2.12. The Morgan fingerprint density at radius 1 is 1.60 bits per heavy atom. The van der Waals surface area contributed by atoms with Gasteiger partial charge in [-0.2, -0.15) is 0 Å². The van der Waals surface area contributed by atoms with Crippen LogP contribution >= 0.6 is 27.3 Å². The summed E-state index contributed by atoms with van der Waals surface area (Å²) in [6.45, 7) is 1.79. The van der Waals surface area contributed by atoms with Gasteiger partial charge in [-0.25, -0.2) is 18.3 Å². The molecule has 2 rings (SSSR count). The van der Waals surface area contributed by atoms with Crippen molar-refractivity contribution in [1.82, 2.24) is 15.0 Å². The quantitative estimate of drug-likeness (QED) is 0.763. The smallest absolute Gasteiger partial charge is 0.361 e. The molecule has 0 saturated heterocycles. The molecule has 0 radical (unpaired) electrons. The Labute approximate surface area is 125 Å². The van der Waals surface area contributed by atoms with E-state index in [9.17, 15) is 13.6 Å². The third-order valence-corrected chi connectivity index (χ3v) is 4.34. The molecule has 0 bridgehead atoms. The number of thiophene rings is 1. The van der Waals surface area contributed by atoms with Gasteiger partial charge in [0.25, 0.3) is 6.43 Å². The Morgan fingerprint density at radius 3 is 2.90 bits per heavy atom. The summed E-state index contributed by atoms with van der Waals surface area (Å²) in [5.41, 5.74) is -0.960. The van der Waals surface area contributed by atoms with E-state index in [1.54, 1.807) is 6.92 Å². The van der Waals surface area contributed by atoms with Gasteiger partial charge in [-0.05, 0) is 34.3 Å². The van der Waals surface area contributed by atoms with E-state index in [1.165, 1.54) is 11.3 Å². The summed E-state index contributed by atoms with van der Waals surface area (Å²) in [7, 11) is 0. The van der Waals surface area contributed by atoms with Crippen molar-refractivity contribution in [2.75, 3.05) is 6.61 Å². The Bertz CT molecular complexity index is 615. The van der Waals surface area contributed by atoms with E-state index in [1.807, 2.05) is 11.4 Å². The van der Waals surface area contributed by atoms with Gasteiger partial charge < -0.3 is 4.74 Å². The van der Waals surface area contributed by atoms with Crippen molar-refractivity contribution in [3.05, 3.63) is 32.2 Å². The lowest BCUT2D eigenvalue weighted by Gasteiger charge is -2.06. The first-order chi connectivity index (χ1) is 9.54. The van der Waals surface area contributed by atoms with Crippen LogP contribution in [-0.4, -0.2) is 27.6 Å². The summed E-state index contributed by atoms with van der Waals surface area (Å²) in [6.07, 6.45) is -2.86. The van der Waals surface area contributed by atoms with Crippen molar-refractivity contribution in [1.29, 1.82) is 0 Å². The van der Waals surface area contributed by atoms with Crippen LogP contribution in [0.5, 0.6) is 0 Å². The average Bonchev–Trinajstić information content (AvgIpc) is 2.97. The van der Waals surface area contributed by atoms with Gasteiger partial charge >= 0.3 is 5.97 Å². The maximum atomic E-state index is 13.1. The molecule has 0 aliphatic heterocycles. The predicted octanol–water partition coefficient (Wildman–Crippen LogP) is 3.26. The topological polar surface area (TPSA) is 57.0 Å². The number of aromatic nitrogens is 3. The van der Waals surface area contributed by atoms with Crippen LogP contribution in [0.1, 0.15) is 34.4 Å². The van der Waals surface area contributed by atoms with E-state index in [0.717, 1.165) is 14.0 Å². The first-order valence-electron chi connectivity index (χ1n) is 5.65. The molecule has 2 aromatic heterocycles. The Morgan fingerprint density at radius 2 is 2.35 bits per heavy atom. The van der Waals surface area contributed by atoms with Crippen molar-refractivity contribution >= 4 is 33.2 Å². The molecule has 0 N–H and O–H groups in total. The molecule has 0 aromatic carbocycles. The molecule has 0 fully saturated rings. The van der Waals surface area contributed by atoms with Gasteiger partial charge in [0.05, 0.1) is 13.2 Å². The Balaban J connectivity index is 2.34. The second kappa shape index (κ2) is 6.40.